The van der Waals surface area contributed by atoms with Gasteiger partial charge in [0.2, 0.25) is 0 Å². The number of carbonyl (C=O) groups excluding carboxylic acids is 1. The van der Waals surface area contributed by atoms with E-state index in [1.165, 1.54) is 6.92 Å². The van der Waals surface area contributed by atoms with E-state index in [1.54, 1.807) is 4.57 Å². The third kappa shape index (κ3) is 7.15. The SMILES string of the molecule is CCCCc1nc2cccc(COC(C)=O)c2c(=O)n1Cc1ccc(-c2ccccc2-c2nnnn2C(c2ccccc2)(c2ccccc2)c2ccccc2)cc1. The number of carbonyl (C=O) groups is 1. The highest BCUT2D eigenvalue weighted by Crippen LogP contribution is 2.43. The van der Waals surface area contributed by atoms with Crippen LogP contribution in [0.15, 0.2) is 163 Å². The van der Waals surface area contributed by atoms with Gasteiger partial charge in [0.05, 0.1) is 17.4 Å². The van der Waals surface area contributed by atoms with Crippen molar-refractivity contribution in [3.63, 3.8) is 0 Å². The molecule has 282 valence electrons. The molecule has 9 heteroatoms. The van der Waals surface area contributed by atoms with Gasteiger partial charge >= 0.3 is 5.97 Å². The summed E-state index contributed by atoms with van der Waals surface area (Å²) in [5, 5.41) is 14.3. The van der Waals surface area contributed by atoms with Gasteiger partial charge in [-0.3, -0.25) is 14.2 Å². The van der Waals surface area contributed by atoms with Gasteiger partial charge < -0.3 is 4.74 Å². The summed E-state index contributed by atoms with van der Waals surface area (Å²) in [6.45, 7) is 3.84. The van der Waals surface area contributed by atoms with Gasteiger partial charge in [0, 0.05) is 24.5 Å². The molecule has 9 nitrogen and oxygen atoms in total. The minimum absolute atomic E-state index is 0.0124. The van der Waals surface area contributed by atoms with Gasteiger partial charge in [-0.2, -0.15) is 0 Å². The van der Waals surface area contributed by atoms with Gasteiger partial charge in [0.15, 0.2) is 5.82 Å². The minimum Gasteiger partial charge on any atom is -0.461 e. The summed E-state index contributed by atoms with van der Waals surface area (Å²) < 4.78 is 9.02. The number of ether oxygens (including phenoxy) is 1. The summed E-state index contributed by atoms with van der Waals surface area (Å²) in [6, 6.07) is 53.1. The molecule has 0 aliphatic carbocycles. The first-order valence-corrected chi connectivity index (χ1v) is 19.3. The Morgan fingerprint density at radius 3 is 1.89 bits per heavy atom. The number of unbranched alkanes of at least 4 members (excludes halogenated alkanes) is 1. The Bertz CT molecular complexity index is 2600. The van der Waals surface area contributed by atoms with Gasteiger partial charge in [0.25, 0.3) is 5.56 Å². The summed E-state index contributed by atoms with van der Waals surface area (Å²) >= 11 is 0. The van der Waals surface area contributed by atoms with Crippen LogP contribution in [0.2, 0.25) is 0 Å². The molecule has 0 fully saturated rings. The number of aromatic nitrogens is 6. The molecule has 0 aliphatic heterocycles. The first-order valence-electron chi connectivity index (χ1n) is 19.3. The molecule has 2 heterocycles. The van der Waals surface area contributed by atoms with Crippen LogP contribution in [-0.2, 0) is 34.6 Å². The normalized spacial score (nSPS) is 11.5. The van der Waals surface area contributed by atoms with Crippen LogP contribution in [0.5, 0.6) is 0 Å². The molecule has 0 atom stereocenters. The molecular formula is C48H42N6O3. The maximum absolute atomic E-state index is 14.2. The van der Waals surface area contributed by atoms with Crippen molar-refractivity contribution in [1.29, 1.82) is 0 Å². The van der Waals surface area contributed by atoms with E-state index in [-0.39, 0.29) is 12.2 Å². The van der Waals surface area contributed by atoms with E-state index >= 15 is 0 Å². The fourth-order valence-corrected chi connectivity index (χ4v) is 7.75. The third-order valence-corrected chi connectivity index (χ3v) is 10.5. The maximum atomic E-state index is 14.2. The van der Waals surface area contributed by atoms with Crippen LogP contribution in [0, 0.1) is 0 Å². The number of rotatable bonds is 13. The number of esters is 1. The number of tetrazole rings is 1. The quantitative estimate of drug-likeness (QED) is 0.0856. The van der Waals surface area contributed by atoms with E-state index in [2.05, 4.69) is 84.9 Å². The predicted octanol–water partition coefficient (Wildman–Crippen LogP) is 9.01. The van der Waals surface area contributed by atoms with Crippen LogP contribution in [0.4, 0.5) is 0 Å². The summed E-state index contributed by atoms with van der Waals surface area (Å²) in [6.07, 6.45) is 2.55. The van der Waals surface area contributed by atoms with Gasteiger partial charge in [0.1, 0.15) is 18.0 Å². The Balaban J connectivity index is 1.21. The first-order chi connectivity index (χ1) is 28.0. The van der Waals surface area contributed by atoms with Crippen molar-refractivity contribution in [2.45, 2.75) is 51.8 Å². The molecule has 0 saturated heterocycles. The van der Waals surface area contributed by atoms with E-state index in [4.69, 9.17) is 20.0 Å². The van der Waals surface area contributed by atoms with Crippen molar-refractivity contribution in [2.24, 2.45) is 0 Å². The average Bonchev–Trinajstić information content (AvgIpc) is 3.75. The highest BCUT2D eigenvalue weighted by atomic mass is 16.5. The van der Waals surface area contributed by atoms with Crippen molar-refractivity contribution in [3.8, 4) is 22.5 Å². The highest BCUT2D eigenvalue weighted by molar-refractivity contribution is 5.82. The van der Waals surface area contributed by atoms with E-state index in [1.807, 2.05) is 89.6 Å². The topological polar surface area (TPSA) is 105 Å². The minimum atomic E-state index is -0.895. The Morgan fingerprint density at radius 1 is 0.702 bits per heavy atom. The summed E-state index contributed by atoms with van der Waals surface area (Å²) in [7, 11) is 0. The second kappa shape index (κ2) is 16.4. The zero-order valence-corrected chi connectivity index (χ0v) is 32.0. The molecule has 0 N–H and O–H groups in total. The fourth-order valence-electron chi connectivity index (χ4n) is 7.75. The molecule has 8 aromatic rings. The number of hydrogen-bond donors (Lipinski definition) is 0. The smallest absolute Gasteiger partial charge is 0.302 e. The lowest BCUT2D eigenvalue weighted by Gasteiger charge is -2.36. The first kappa shape index (κ1) is 36.9. The van der Waals surface area contributed by atoms with Crippen molar-refractivity contribution in [1.82, 2.24) is 29.8 Å². The molecule has 0 unspecified atom stereocenters. The molecule has 0 aliphatic rings. The Hall–Kier alpha value is -7.00. The van der Waals surface area contributed by atoms with Gasteiger partial charge in [-0.25, -0.2) is 9.67 Å². The standard InChI is InChI=1S/C48H42N6O3/c1-3-4-27-44-49-43-26-16-17-37(33-57-34(2)55)45(43)47(56)53(44)32-35-28-30-36(31-29-35)41-24-14-15-25-42(41)46-50-51-52-54(46)48(38-18-8-5-9-19-38,39-20-10-6-11-21-39)40-22-12-7-13-23-40/h5-26,28-31H,3-4,27,32-33H2,1-2H3. The lowest BCUT2D eigenvalue weighted by atomic mass is 9.77. The van der Waals surface area contributed by atoms with Crippen molar-refractivity contribution in [2.75, 3.05) is 0 Å². The third-order valence-electron chi connectivity index (χ3n) is 10.5. The van der Waals surface area contributed by atoms with Gasteiger partial charge in [-0.1, -0.05) is 165 Å². The Kier molecular flexibility index (Phi) is 10.6. The zero-order valence-electron chi connectivity index (χ0n) is 32.0. The van der Waals surface area contributed by atoms with Gasteiger partial charge in [-0.15, -0.1) is 5.10 Å². The molecule has 0 radical (unpaired) electrons. The molecule has 57 heavy (non-hydrogen) atoms. The molecule has 0 amide bonds. The van der Waals surface area contributed by atoms with Crippen LogP contribution >= 0.6 is 0 Å². The zero-order chi connectivity index (χ0) is 39.2. The lowest BCUT2D eigenvalue weighted by Crippen LogP contribution is -2.39. The number of aryl methyl sites for hydroxylation is 1. The van der Waals surface area contributed by atoms with Crippen LogP contribution in [0.1, 0.15) is 60.3 Å². The molecule has 0 spiro atoms. The number of fused-ring (bicyclic) bond motifs is 1. The van der Waals surface area contributed by atoms with Gasteiger partial charge in [-0.05, 0) is 56.3 Å². The van der Waals surface area contributed by atoms with Crippen molar-refractivity contribution >= 4 is 16.9 Å². The molecule has 0 saturated carbocycles. The molecular weight excluding hydrogens is 709 g/mol. The van der Waals surface area contributed by atoms with Crippen molar-refractivity contribution in [3.05, 3.63) is 202 Å². The van der Waals surface area contributed by atoms with Crippen LogP contribution < -0.4 is 5.56 Å². The van der Waals surface area contributed by atoms with Crippen LogP contribution in [0.25, 0.3) is 33.4 Å². The highest BCUT2D eigenvalue weighted by Gasteiger charge is 2.42. The predicted molar refractivity (Wildman–Crippen MR) is 222 cm³/mol. The number of nitrogens with zero attached hydrogens (tertiary/aromatic N) is 6. The fraction of sp³-hybridized carbons (Fsp3) is 0.167. The number of benzene rings is 6. The number of hydrogen-bond acceptors (Lipinski definition) is 7. The molecule has 2 aromatic heterocycles. The monoisotopic (exact) mass is 750 g/mol. The lowest BCUT2D eigenvalue weighted by molar-refractivity contribution is -0.142. The van der Waals surface area contributed by atoms with E-state index in [9.17, 15) is 9.59 Å². The second-order valence-corrected chi connectivity index (χ2v) is 14.1. The Labute approximate surface area is 331 Å². The summed E-state index contributed by atoms with van der Waals surface area (Å²) in [5.74, 6) is 0.949. The van der Waals surface area contributed by atoms with Crippen molar-refractivity contribution < 1.29 is 9.53 Å². The van der Waals surface area contributed by atoms with E-state index in [0.29, 0.717) is 35.3 Å². The summed E-state index contributed by atoms with van der Waals surface area (Å²) in [4.78, 5) is 30.8. The van der Waals surface area contributed by atoms with Crippen LogP contribution in [0.3, 0.4) is 0 Å². The van der Waals surface area contributed by atoms with E-state index in [0.717, 1.165) is 57.6 Å². The average molecular weight is 751 g/mol. The second-order valence-electron chi connectivity index (χ2n) is 14.1. The van der Waals surface area contributed by atoms with Crippen LogP contribution in [-0.4, -0.2) is 35.7 Å². The Morgan fingerprint density at radius 2 is 1.30 bits per heavy atom. The largest absolute Gasteiger partial charge is 0.461 e. The summed E-state index contributed by atoms with van der Waals surface area (Å²) in [5.41, 5.74) is 7.05. The van der Waals surface area contributed by atoms with E-state index < -0.39 is 11.5 Å². The molecule has 6 aromatic carbocycles. The molecule has 8 rings (SSSR count). The molecule has 0 bridgehead atoms. The maximum Gasteiger partial charge on any atom is 0.302 e.